The highest BCUT2D eigenvalue weighted by atomic mass is 79.9. The largest absolute Gasteiger partial charge is 0.311 e. The lowest BCUT2D eigenvalue weighted by atomic mass is 9.75. The van der Waals surface area contributed by atoms with Crippen molar-refractivity contribution in [2.45, 2.75) is 51.1 Å². The SMILES string of the molecule is CCC(C)NC1CC(c2ccccc2Br)C1. The minimum absolute atomic E-state index is 0.658. The molecule has 1 saturated carbocycles. The minimum atomic E-state index is 0.658. The van der Waals surface area contributed by atoms with Gasteiger partial charge in [0, 0.05) is 16.6 Å². The summed E-state index contributed by atoms with van der Waals surface area (Å²) in [6.07, 6.45) is 3.79. The molecule has 1 N–H and O–H groups in total. The molecule has 0 aromatic heterocycles. The lowest BCUT2D eigenvalue weighted by Gasteiger charge is -2.38. The fraction of sp³-hybridized carbons (Fsp3) is 0.571. The fourth-order valence-electron chi connectivity index (χ4n) is 2.33. The average molecular weight is 282 g/mol. The summed E-state index contributed by atoms with van der Waals surface area (Å²) in [5.41, 5.74) is 1.48. The smallest absolute Gasteiger partial charge is 0.0210 e. The Hall–Kier alpha value is -0.340. The van der Waals surface area contributed by atoms with Gasteiger partial charge in [0.25, 0.3) is 0 Å². The molecule has 1 aliphatic carbocycles. The van der Waals surface area contributed by atoms with Crippen LogP contribution in [0.3, 0.4) is 0 Å². The highest BCUT2D eigenvalue weighted by molar-refractivity contribution is 9.10. The molecule has 2 rings (SSSR count). The molecule has 0 heterocycles. The predicted molar refractivity (Wildman–Crippen MR) is 72.8 cm³/mol. The van der Waals surface area contributed by atoms with Crippen LogP contribution in [0.5, 0.6) is 0 Å². The predicted octanol–water partition coefficient (Wildman–Crippen LogP) is 4.08. The van der Waals surface area contributed by atoms with Crippen molar-refractivity contribution in [1.82, 2.24) is 5.32 Å². The van der Waals surface area contributed by atoms with Crippen LogP contribution in [-0.2, 0) is 0 Å². The maximum Gasteiger partial charge on any atom is 0.0210 e. The number of rotatable bonds is 4. The van der Waals surface area contributed by atoms with Gasteiger partial charge in [-0.05, 0) is 43.7 Å². The third-order valence-electron chi connectivity index (χ3n) is 3.62. The zero-order valence-corrected chi connectivity index (χ0v) is 11.6. The Morgan fingerprint density at radius 1 is 1.38 bits per heavy atom. The summed E-state index contributed by atoms with van der Waals surface area (Å²) >= 11 is 3.64. The molecule has 0 bridgehead atoms. The van der Waals surface area contributed by atoms with Gasteiger partial charge < -0.3 is 5.32 Å². The number of benzene rings is 1. The van der Waals surface area contributed by atoms with Crippen molar-refractivity contribution in [3.05, 3.63) is 34.3 Å². The van der Waals surface area contributed by atoms with Gasteiger partial charge in [-0.2, -0.15) is 0 Å². The van der Waals surface area contributed by atoms with Crippen molar-refractivity contribution in [2.24, 2.45) is 0 Å². The monoisotopic (exact) mass is 281 g/mol. The van der Waals surface area contributed by atoms with E-state index in [4.69, 9.17) is 0 Å². The molecule has 1 unspecified atom stereocenters. The number of nitrogens with one attached hydrogen (secondary N) is 1. The molecule has 1 aliphatic rings. The molecule has 1 atom stereocenters. The summed E-state index contributed by atoms with van der Waals surface area (Å²) in [4.78, 5) is 0. The normalized spacial score (nSPS) is 26.2. The molecule has 0 amide bonds. The first-order valence-electron chi connectivity index (χ1n) is 6.21. The second kappa shape index (κ2) is 5.33. The maximum atomic E-state index is 3.67. The van der Waals surface area contributed by atoms with Gasteiger partial charge in [-0.3, -0.25) is 0 Å². The van der Waals surface area contributed by atoms with E-state index < -0.39 is 0 Å². The Labute approximate surface area is 107 Å². The summed E-state index contributed by atoms with van der Waals surface area (Å²) in [5, 5.41) is 3.67. The number of halogens is 1. The van der Waals surface area contributed by atoms with Crippen LogP contribution < -0.4 is 5.32 Å². The van der Waals surface area contributed by atoms with Gasteiger partial charge in [0.05, 0.1) is 0 Å². The molecule has 88 valence electrons. The van der Waals surface area contributed by atoms with E-state index in [1.807, 2.05) is 0 Å². The van der Waals surface area contributed by atoms with E-state index in [1.165, 1.54) is 29.3 Å². The summed E-state index contributed by atoms with van der Waals surface area (Å²) < 4.78 is 1.27. The molecule has 1 aromatic carbocycles. The van der Waals surface area contributed by atoms with Crippen molar-refractivity contribution in [2.75, 3.05) is 0 Å². The highest BCUT2D eigenvalue weighted by Gasteiger charge is 2.31. The van der Waals surface area contributed by atoms with E-state index in [0.29, 0.717) is 6.04 Å². The van der Waals surface area contributed by atoms with Gasteiger partial charge in [-0.25, -0.2) is 0 Å². The van der Waals surface area contributed by atoms with E-state index >= 15 is 0 Å². The van der Waals surface area contributed by atoms with Crippen LogP contribution >= 0.6 is 15.9 Å². The number of hydrogen-bond acceptors (Lipinski definition) is 1. The molecular formula is C14H20BrN. The maximum absolute atomic E-state index is 3.67. The molecule has 0 radical (unpaired) electrons. The second-order valence-corrected chi connectivity index (χ2v) is 5.72. The van der Waals surface area contributed by atoms with Crippen molar-refractivity contribution in [1.29, 1.82) is 0 Å². The van der Waals surface area contributed by atoms with Gasteiger partial charge >= 0.3 is 0 Å². The summed E-state index contributed by atoms with van der Waals surface area (Å²) in [6.45, 7) is 4.51. The first-order valence-corrected chi connectivity index (χ1v) is 7.00. The molecular weight excluding hydrogens is 262 g/mol. The van der Waals surface area contributed by atoms with Gasteiger partial charge in [-0.15, -0.1) is 0 Å². The Kier molecular flexibility index (Phi) is 4.04. The van der Waals surface area contributed by atoms with Gasteiger partial charge in [-0.1, -0.05) is 41.1 Å². The van der Waals surface area contributed by atoms with Crippen LogP contribution in [0.2, 0.25) is 0 Å². The third kappa shape index (κ3) is 2.67. The first kappa shape index (κ1) is 12.1. The first-order chi connectivity index (χ1) is 7.70. The van der Waals surface area contributed by atoms with Crippen molar-refractivity contribution >= 4 is 15.9 Å². The Bertz CT molecular complexity index is 344. The zero-order chi connectivity index (χ0) is 11.5. The molecule has 1 aromatic rings. The molecule has 1 nitrogen and oxygen atoms in total. The van der Waals surface area contributed by atoms with Crippen molar-refractivity contribution in [3.63, 3.8) is 0 Å². The summed E-state index contributed by atoms with van der Waals surface area (Å²) in [5.74, 6) is 0.747. The Balaban J connectivity index is 1.87. The summed E-state index contributed by atoms with van der Waals surface area (Å²) in [7, 11) is 0. The van der Waals surface area contributed by atoms with Crippen LogP contribution in [0.15, 0.2) is 28.7 Å². The van der Waals surface area contributed by atoms with Crippen LogP contribution in [-0.4, -0.2) is 12.1 Å². The fourth-order valence-corrected chi connectivity index (χ4v) is 2.94. The van der Waals surface area contributed by atoms with Crippen LogP contribution in [0.1, 0.15) is 44.6 Å². The lowest BCUT2D eigenvalue weighted by molar-refractivity contribution is 0.267. The van der Waals surface area contributed by atoms with E-state index in [2.05, 4.69) is 59.4 Å². The number of hydrogen-bond donors (Lipinski definition) is 1. The van der Waals surface area contributed by atoms with Gasteiger partial charge in [0.1, 0.15) is 0 Å². The highest BCUT2D eigenvalue weighted by Crippen LogP contribution is 2.40. The Morgan fingerprint density at radius 2 is 2.06 bits per heavy atom. The van der Waals surface area contributed by atoms with E-state index in [1.54, 1.807) is 0 Å². The van der Waals surface area contributed by atoms with Gasteiger partial charge in [0.15, 0.2) is 0 Å². The van der Waals surface area contributed by atoms with E-state index in [-0.39, 0.29) is 0 Å². The molecule has 0 spiro atoms. The summed E-state index contributed by atoms with van der Waals surface area (Å²) in [6, 6.07) is 9.99. The average Bonchev–Trinajstić information content (AvgIpc) is 2.24. The quantitative estimate of drug-likeness (QED) is 0.877. The van der Waals surface area contributed by atoms with Crippen LogP contribution in [0.4, 0.5) is 0 Å². The van der Waals surface area contributed by atoms with Crippen molar-refractivity contribution in [3.8, 4) is 0 Å². The molecule has 16 heavy (non-hydrogen) atoms. The molecule has 0 saturated heterocycles. The zero-order valence-electron chi connectivity index (χ0n) is 10.0. The van der Waals surface area contributed by atoms with E-state index in [9.17, 15) is 0 Å². The molecule has 0 aliphatic heterocycles. The lowest BCUT2D eigenvalue weighted by Crippen LogP contribution is -2.44. The standard InChI is InChI=1S/C14H20BrN/c1-3-10(2)16-12-8-11(9-12)13-6-4-5-7-14(13)15/h4-7,10-12,16H,3,8-9H2,1-2H3. The topological polar surface area (TPSA) is 12.0 Å². The molecule has 1 fully saturated rings. The van der Waals surface area contributed by atoms with Crippen molar-refractivity contribution < 1.29 is 0 Å². The van der Waals surface area contributed by atoms with Crippen LogP contribution in [0, 0.1) is 0 Å². The van der Waals surface area contributed by atoms with E-state index in [0.717, 1.165) is 12.0 Å². The second-order valence-electron chi connectivity index (χ2n) is 4.86. The van der Waals surface area contributed by atoms with Gasteiger partial charge in [0.2, 0.25) is 0 Å². The Morgan fingerprint density at radius 3 is 2.69 bits per heavy atom. The third-order valence-corrected chi connectivity index (χ3v) is 4.34. The molecule has 2 heteroatoms. The van der Waals surface area contributed by atoms with Crippen LogP contribution in [0.25, 0.3) is 0 Å². The minimum Gasteiger partial charge on any atom is -0.311 e.